The van der Waals surface area contributed by atoms with Gasteiger partial charge >= 0.3 is 0 Å². The molecule has 0 bridgehead atoms. The van der Waals surface area contributed by atoms with Gasteiger partial charge in [0.1, 0.15) is 5.75 Å². The van der Waals surface area contributed by atoms with Crippen LogP contribution in [0.3, 0.4) is 0 Å². The number of nitrogens with two attached hydrogens (primary N) is 1. The fourth-order valence-electron chi connectivity index (χ4n) is 3.26. The van der Waals surface area contributed by atoms with E-state index in [-0.39, 0.29) is 24.4 Å². The number of ether oxygens (including phenoxy) is 1. The van der Waals surface area contributed by atoms with Gasteiger partial charge < -0.3 is 15.8 Å². The van der Waals surface area contributed by atoms with Crippen molar-refractivity contribution in [2.45, 2.75) is 58.0 Å². The molecular formula is C19H29ClN2O2. The van der Waals surface area contributed by atoms with Crippen molar-refractivity contribution in [2.24, 2.45) is 17.6 Å². The lowest BCUT2D eigenvalue weighted by Crippen LogP contribution is -2.31. The molecule has 134 valence electrons. The number of carbonyl (C=O) groups excluding carboxylic acids is 1. The number of amides is 1. The van der Waals surface area contributed by atoms with Gasteiger partial charge in [0, 0.05) is 24.6 Å². The molecule has 0 aliphatic heterocycles. The van der Waals surface area contributed by atoms with E-state index in [1.54, 1.807) is 0 Å². The van der Waals surface area contributed by atoms with Gasteiger partial charge in [-0.1, -0.05) is 18.6 Å². The highest BCUT2D eigenvalue weighted by Crippen LogP contribution is 2.31. The Hall–Kier alpha value is -1.26. The topological polar surface area (TPSA) is 64.4 Å². The third kappa shape index (κ3) is 5.38. The van der Waals surface area contributed by atoms with Crippen molar-refractivity contribution in [1.82, 2.24) is 5.32 Å². The van der Waals surface area contributed by atoms with Crippen LogP contribution in [0.2, 0.25) is 0 Å². The van der Waals surface area contributed by atoms with Crippen molar-refractivity contribution < 1.29 is 9.53 Å². The normalized spacial score (nSPS) is 22.8. The largest absolute Gasteiger partial charge is 0.493 e. The van der Waals surface area contributed by atoms with Gasteiger partial charge in [-0.3, -0.25) is 4.79 Å². The number of halogens is 1. The van der Waals surface area contributed by atoms with Crippen LogP contribution in [0.15, 0.2) is 18.2 Å². The summed E-state index contributed by atoms with van der Waals surface area (Å²) in [4.78, 5) is 12.2. The summed E-state index contributed by atoms with van der Waals surface area (Å²) in [5, 5.41) is 3.04. The molecule has 1 aromatic carbocycles. The van der Waals surface area contributed by atoms with Crippen LogP contribution in [-0.4, -0.2) is 18.6 Å². The fourth-order valence-corrected chi connectivity index (χ4v) is 3.26. The van der Waals surface area contributed by atoms with Crippen LogP contribution in [-0.2, 0) is 11.3 Å². The van der Waals surface area contributed by atoms with Gasteiger partial charge in [0.05, 0.1) is 6.61 Å². The van der Waals surface area contributed by atoms with Gasteiger partial charge in [-0.05, 0) is 56.1 Å². The van der Waals surface area contributed by atoms with Crippen molar-refractivity contribution in [1.29, 1.82) is 0 Å². The molecule has 2 atom stereocenters. The van der Waals surface area contributed by atoms with E-state index in [2.05, 4.69) is 30.4 Å². The average molecular weight is 353 g/mol. The molecule has 0 aromatic heterocycles. The van der Waals surface area contributed by atoms with E-state index in [9.17, 15) is 4.79 Å². The second-order valence-corrected chi connectivity index (χ2v) is 7.20. The number of hydrogen-bond donors (Lipinski definition) is 2. The van der Waals surface area contributed by atoms with Crippen LogP contribution < -0.4 is 15.8 Å². The van der Waals surface area contributed by atoms with Gasteiger partial charge in [-0.15, -0.1) is 12.4 Å². The minimum Gasteiger partial charge on any atom is -0.493 e. The summed E-state index contributed by atoms with van der Waals surface area (Å²) in [6.07, 6.45) is 6.38. The third-order valence-electron chi connectivity index (χ3n) is 5.04. The van der Waals surface area contributed by atoms with Gasteiger partial charge in [0.15, 0.2) is 0 Å². The van der Waals surface area contributed by atoms with Crippen LogP contribution >= 0.6 is 12.4 Å². The minimum absolute atomic E-state index is 0. The molecule has 0 saturated heterocycles. The summed E-state index contributed by atoms with van der Waals surface area (Å²) in [6, 6.07) is 6.38. The monoisotopic (exact) mass is 352 g/mol. The van der Waals surface area contributed by atoms with Crippen molar-refractivity contribution in [2.75, 3.05) is 6.61 Å². The van der Waals surface area contributed by atoms with Crippen LogP contribution in [0.4, 0.5) is 0 Å². The first-order chi connectivity index (χ1) is 11.1. The van der Waals surface area contributed by atoms with Crippen molar-refractivity contribution in [3.05, 3.63) is 29.3 Å². The Morgan fingerprint density at radius 2 is 2.08 bits per heavy atom. The minimum atomic E-state index is 0. The molecule has 2 aliphatic carbocycles. The molecule has 0 spiro atoms. The molecule has 2 aliphatic rings. The maximum atomic E-state index is 12.2. The lowest BCUT2D eigenvalue weighted by Gasteiger charge is -2.16. The smallest absolute Gasteiger partial charge is 0.220 e. The van der Waals surface area contributed by atoms with Crippen LogP contribution in [0.1, 0.15) is 49.7 Å². The van der Waals surface area contributed by atoms with Crippen LogP contribution in [0, 0.1) is 18.8 Å². The molecule has 5 heteroatoms. The highest BCUT2D eigenvalue weighted by Gasteiger charge is 2.26. The zero-order chi connectivity index (χ0) is 16.2. The number of hydrogen-bond acceptors (Lipinski definition) is 3. The first-order valence-corrected chi connectivity index (χ1v) is 8.86. The summed E-state index contributed by atoms with van der Waals surface area (Å²) in [5.74, 6) is 2.08. The Bertz CT molecular complexity index is 560. The Morgan fingerprint density at radius 1 is 1.29 bits per heavy atom. The van der Waals surface area contributed by atoms with E-state index >= 15 is 0 Å². The second kappa shape index (κ2) is 8.72. The molecule has 3 N–H and O–H groups in total. The molecular weight excluding hydrogens is 324 g/mol. The number of benzene rings is 1. The Morgan fingerprint density at radius 3 is 2.75 bits per heavy atom. The lowest BCUT2D eigenvalue weighted by atomic mass is 10.00. The summed E-state index contributed by atoms with van der Waals surface area (Å²) in [5.41, 5.74) is 8.29. The van der Waals surface area contributed by atoms with Gasteiger partial charge in [0.25, 0.3) is 0 Å². The maximum absolute atomic E-state index is 12.2. The molecule has 2 saturated carbocycles. The Labute approximate surface area is 150 Å². The molecule has 0 heterocycles. The number of nitrogens with one attached hydrogen (secondary N) is 1. The second-order valence-electron chi connectivity index (χ2n) is 7.20. The number of rotatable bonds is 7. The Balaban J connectivity index is 0.00000208. The highest BCUT2D eigenvalue weighted by molar-refractivity contribution is 5.85. The van der Waals surface area contributed by atoms with E-state index in [1.807, 2.05) is 0 Å². The zero-order valence-corrected chi connectivity index (χ0v) is 15.2. The van der Waals surface area contributed by atoms with Crippen molar-refractivity contribution in [3.8, 4) is 5.75 Å². The molecule has 4 nitrogen and oxygen atoms in total. The van der Waals surface area contributed by atoms with E-state index in [1.165, 1.54) is 18.4 Å². The number of carbonyl (C=O) groups is 1. The van der Waals surface area contributed by atoms with Crippen molar-refractivity contribution in [3.63, 3.8) is 0 Å². The predicted molar refractivity (Wildman–Crippen MR) is 98.4 cm³/mol. The van der Waals surface area contributed by atoms with Crippen LogP contribution in [0.25, 0.3) is 0 Å². The van der Waals surface area contributed by atoms with Gasteiger partial charge in [-0.25, -0.2) is 0 Å². The van der Waals surface area contributed by atoms with Gasteiger partial charge in [0.2, 0.25) is 5.91 Å². The highest BCUT2D eigenvalue weighted by atomic mass is 35.5. The van der Waals surface area contributed by atoms with Gasteiger partial charge in [-0.2, -0.15) is 0 Å². The summed E-state index contributed by atoms with van der Waals surface area (Å²) in [7, 11) is 0. The lowest BCUT2D eigenvalue weighted by molar-refractivity contribution is -0.122. The number of aryl methyl sites for hydroxylation is 1. The zero-order valence-electron chi connectivity index (χ0n) is 14.4. The van der Waals surface area contributed by atoms with E-state index < -0.39 is 0 Å². The molecule has 0 unspecified atom stereocenters. The molecule has 3 rings (SSSR count). The quantitative estimate of drug-likeness (QED) is 0.791. The molecule has 1 aromatic rings. The SMILES string of the molecule is Cc1ccc(CNC(=O)C[C@@H]2CCC[C@H]2N)c(OCC2CC2)c1.Cl. The summed E-state index contributed by atoms with van der Waals surface area (Å²) >= 11 is 0. The summed E-state index contributed by atoms with van der Waals surface area (Å²) in [6.45, 7) is 3.39. The van der Waals surface area contributed by atoms with Crippen LogP contribution in [0.5, 0.6) is 5.75 Å². The first kappa shape index (κ1) is 19.1. The molecule has 2 fully saturated rings. The standard InChI is InChI=1S/C19H28N2O2.ClH/c1-13-5-8-16(18(9-13)23-12-14-6-7-14)11-21-19(22)10-15-3-2-4-17(15)20;/h5,8-9,14-15,17H,2-4,6-7,10-12,20H2,1H3,(H,21,22);1H/t15-,17+;/m0./s1. The first-order valence-electron chi connectivity index (χ1n) is 8.86. The predicted octanol–water partition coefficient (Wildman–Crippen LogP) is 3.34. The summed E-state index contributed by atoms with van der Waals surface area (Å²) < 4.78 is 5.95. The molecule has 1 amide bonds. The van der Waals surface area contributed by atoms with Crippen molar-refractivity contribution >= 4 is 18.3 Å². The Kier molecular flexibility index (Phi) is 6.93. The fraction of sp³-hybridized carbons (Fsp3) is 0.632. The van der Waals surface area contributed by atoms with E-state index in [0.29, 0.717) is 18.9 Å². The maximum Gasteiger partial charge on any atom is 0.220 e. The van der Waals surface area contributed by atoms with E-state index in [4.69, 9.17) is 10.5 Å². The third-order valence-corrected chi connectivity index (χ3v) is 5.04. The molecule has 24 heavy (non-hydrogen) atoms. The average Bonchev–Trinajstić information content (AvgIpc) is 3.27. The van der Waals surface area contributed by atoms with E-state index in [0.717, 1.165) is 43.1 Å². The molecule has 0 radical (unpaired) electrons.